The molecule has 1 aliphatic heterocycles. The molecule has 1 aliphatic carbocycles. The van der Waals surface area contributed by atoms with Crippen LogP contribution in [0.5, 0.6) is 0 Å². The molecule has 3 heteroatoms. The van der Waals surface area contributed by atoms with Crippen molar-refractivity contribution < 1.29 is 5.11 Å². The minimum atomic E-state index is -0.371. The van der Waals surface area contributed by atoms with Crippen molar-refractivity contribution in [1.29, 1.82) is 0 Å². The summed E-state index contributed by atoms with van der Waals surface area (Å²) in [5, 5.41) is 11.0. The second-order valence-electron chi connectivity index (χ2n) is 7.20. The highest BCUT2D eigenvalue weighted by Crippen LogP contribution is 2.39. The van der Waals surface area contributed by atoms with E-state index in [2.05, 4.69) is 36.1 Å². The van der Waals surface area contributed by atoms with Crippen molar-refractivity contribution in [3.05, 3.63) is 35.4 Å². The van der Waals surface area contributed by atoms with Crippen molar-refractivity contribution in [2.45, 2.75) is 64.0 Å². The number of benzene rings is 1. The zero-order valence-corrected chi connectivity index (χ0v) is 14.6. The third-order valence-electron chi connectivity index (χ3n) is 5.61. The molecule has 0 aromatic heterocycles. The van der Waals surface area contributed by atoms with Gasteiger partial charge in [-0.05, 0) is 44.1 Å². The van der Waals surface area contributed by atoms with Crippen molar-refractivity contribution in [3.63, 3.8) is 0 Å². The van der Waals surface area contributed by atoms with E-state index in [1.54, 1.807) is 0 Å². The third-order valence-corrected chi connectivity index (χ3v) is 5.61. The Morgan fingerprint density at radius 3 is 2.23 bits per heavy atom. The molecule has 0 spiro atoms. The van der Waals surface area contributed by atoms with Crippen LogP contribution in [0.3, 0.4) is 0 Å². The van der Waals surface area contributed by atoms with Gasteiger partial charge in [0.05, 0.1) is 5.60 Å². The average molecular weight is 324 g/mol. The summed E-state index contributed by atoms with van der Waals surface area (Å²) in [7, 11) is 0. The van der Waals surface area contributed by atoms with Crippen LogP contribution in [-0.4, -0.2) is 28.7 Å². The van der Waals surface area contributed by atoms with Crippen molar-refractivity contribution in [2.75, 3.05) is 13.1 Å². The summed E-state index contributed by atoms with van der Waals surface area (Å²) in [6.07, 6.45) is 8.42. The average Bonchev–Trinajstić information content (AvgIpc) is 2.53. The van der Waals surface area contributed by atoms with E-state index in [1.165, 1.54) is 43.2 Å². The topological polar surface area (TPSA) is 23.5 Å². The second-order valence-corrected chi connectivity index (χ2v) is 7.20. The standard InChI is InChI=1S/C19H29NO.ClH/c1-16-7-9-17(10-8-16)15-20-13-11-19(21,12-14-20)18-5-3-2-4-6-18;/h7-10,18,21H,2-6,11-15H2,1H3;1H. The highest BCUT2D eigenvalue weighted by atomic mass is 35.5. The van der Waals surface area contributed by atoms with Gasteiger partial charge in [-0.3, -0.25) is 4.90 Å². The highest BCUT2D eigenvalue weighted by Gasteiger charge is 2.39. The number of hydrogen-bond acceptors (Lipinski definition) is 2. The number of piperidine rings is 1. The molecule has 0 amide bonds. The van der Waals surface area contributed by atoms with Gasteiger partial charge in [-0.25, -0.2) is 0 Å². The van der Waals surface area contributed by atoms with Crippen molar-refractivity contribution in [3.8, 4) is 0 Å². The van der Waals surface area contributed by atoms with Crippen LogP contribution in [-0.2, 0) is 6.54 Å². The zero-order chi connectivity index (χ0) is 14.7. The number of halogens is 1. The smallest absolute Gasteiger partial charge is 0.0700 e. The molecule has 1 aromatic rings. The fourth-order valence-electron chi connectivity index (χ4n) is 4.10. The number of rotatable bonds is 3. The number of aryl methyl sites for hydroxylation is 1. The van der Waals surface area contributed by atoms with E-state index in [1.807, 2.05) is 0 Å². The molecule has 22 heavy (non-hydrogen) atoms. The highest BCUT2D eigenvalue weighted by molar-refractivity contribution is 5.85. The van der Waals surface area contributed by atoms with E-state index >= 15 is 0 Å². The normalized spacial score (nSPS) is 23.0. The Morgan fingerprint density at radius 1 is 1.05 bits per heavy atom. The lowest BCUT2D eigenvalue weighted by Crippen LogP contribution is -2.49. The Hall–Kier alpha value is -0.570. The van der Waals surface area contributed by atoms with Gasteiger partial charge in [-0.2, -0.15) is 0 Å². The van der Waals surface area contributed by atoms with Gasteiger partial charge in [0, 0.05) is 19.6 Å². The number of aliphatic hydroxyl groups is 1. The summed E-state index contributed by atoms with van der Waals surface area (Å²) in [6.45, 7) is 5.25. The van der Waals surface area contributed by atoms with Crippen LogP contribution < -0.4 is 0 Å². The van der Waals surface area contributed by atoms with Gasteiger partial charge in [-0.1, -0.05) is 49.1 Å². The van der Waals surface area contributed by atoms with Crippen LogP contribution >= 0.6 is 12.4 Å². The first-order chi connectivity index (χ1) is 10.2. The van der Waals surface area contributed by atoms with Crippen molar-refractivity contribution in [1.82, 2.24) is 4.90 Å². The Kier molecular flexibility index (Phi) is 6.31. The molecule has 1 heterocycles. The first kappa shape index (κ1) is 17.8. The lowest BCUT2D eigenvalue weighted by molar-refractivity contribution is -0.0785. The minimum Gasteiger partial charge on any atom is -0.390 e. The second kappa shape index (κ2) is 7.81. The Balaban J connectivity index is 0.00000176. The van der Waals surface area contributed by atoms with Gasteiger partial charge in [0.15, 0.2) is 0 Å². The Bertz CT molecular complexity index is 445. The number of hydrogen-bond donors (Lipinski definition) is 1. The Morgan fingerprint density at radius 2 is 1.64 bits per heavy atom. The summed E-state index contributed by atoms with van der Waals surface area (Å²) < 4.78 is 0. The maximum Gasteiger partial charge on any atom is 0.0700 e. The van der Waals surface area contributed by atoms with Gasteiger partial charge in [0.2, 0.25) is 0 Å². The third kappa shape index (κ3) is 4.24. The molecular weight excluding hydrogens is 294 g/mol. The lowest BCUT2D eigenvalue weighted by atomic mass is 9.72. The fraction of sp³-hybridized carbons (Fsp3) is 0.684. The molecule has 1 saturated heterocycles. The van der Waals surface area contributed by atoms with Crippen molar-refractivity contribution >= 4 is 12.4 Å². The van der Waals surface area contributed by atoms with Crippen LogP contribution in [0.1, 0.15) is 56.1 Å². The Labute approximate surface area is 141 Å². The monoisotopic (exact) mass is 323 g/mol. The summed E-state index contributed by atoms with van der Waals surface area (Å²) in [6, 6.07) is 8.85. The maximum atomic E-state index is 11.0. The first-order valence-electron chi connectivity index (χ1n) is 8.66. The van der Waals surface area contributed by atoms with Gasteiger partial charge < -0.3 is 5.11 Å². The quantitative estimate of drug-likeness (QED) is 0.895. The van der Waals surface area contributed by atoms with Crippen LogP contribution in [0.4, 0.5) is 0 Å². The van der Waals surface area contributed by atoms with E-state index < -0.39 is 0 Å². The molecule has 2 aliphatic rings. The fourth-order valence-corrected chi connectivity index (χ4v) is 4.10. The summed E-state index contributed by atoms with van der Waals surface area (Å²) in [5.41, 5.74) is 2.34. The van der Waals surface area contributed by atoms with Gasteiger partial charge in [0.25, 0.3) is 0 Å². The minimum absolute atomic E-state index is 0. The van der Waals surface area contributed by atoms with E-state index in [9.17, 15) is 5.11 Å². The summed E-state index contributed by atoms with van der Waals surface area (Å²) in [5.74, 6) is 0.563. The molecule has 1 aromatic carbocycles. The predicted octanol–water partition coefficient (Wildman–Crippen LogP) is 4.32. The van der Waals surface area contributed by atoms with Gasteiger partial charge >= 0.3 is 0 Å². The van der Waals surface area contributed by atoms with Crippen LogP contribution in [0.2, 0.25) is 0 Å². The number of nitrogens with zero attached hydrogens (tertiary/aromatic N) is 1. The van der Waals surface area contributed by atoms with Crippen molar-refractivity contribution in [2.24, 2.45) is 5.92 Å². The zero-order valence-electron chi connectivity index (χ0n) is 13.8. The predicted molar refractivity (Wildman–Crippen MR) is 94.5 cm³/mol. The van der Waals surface area contributed by atoms with Gasteiger partial charge in [-0.15, -0.1) is 12.4 Å². The molecule has 0 atom stereocenters. The van der Waals surface area contributed by atoms with Crippen LogP contribution in [0.15, 0.2) is 24.3 Å². The maximum absolute atomic E-state index is 11.0. The SMILES string of the molecule is Cc1ccc(CN2CCC(O)(C3CCCCC3)CC2)cc1.Cl. The van der Waals surface area contributed by atoms with E-state index in [0.717, 1.165) is 32.5 Å². The van der Waals surface area contributed by atoms with E-state index in [4.69, 9.17) is 0 Å². The van der Waals surface area contributed by atoms with Gasteiger partial charge in [0.1, 0.15) is 0 Å². The molecule has 0 radical (unpaired) electrons. The molecule has 1 N–H and O–H groups in total. The van der Waals surface area contributed by atoms with Crippen LogP contribution in [0, 0.1) is 12.8 Å². The molecule has 3 rings (SSSR count). The molecule has 1 saturated carbocycles. The molecule has 0 unspecified atom stereocenters. The first-order valence-corrected chi connectivity index (χ1v) is 8.66. The lowest BCUT2D eigenvalue weighted by Gasteiger charge is -2.44. The van der Waals surface area contributed by atoms with Crippen LogP contribution in [0.25, 0.3) is 0 Å². The molecule has 0 bridgehead atoms. The van der Waals surface area contributed by atoms with E-state index in [0.29, 0.717) is 5.92 Å². The molecular formula is C19H30ClNO. The summed E-state index contributed by atoms with van der Waals surface area (Å²) in [4.78, 5) is 2.50. The molecule has 2 nitrogen and oxygen atoms in total. The largest absolute Gasteiger partial charge is 0.390 e. The van der Waals surface area contributed by atoms with E-state index in [-0.39, 0.29) is 18.0 Å². The molecule has 2 fully saturated rings. The summed E-state index contributed by atoms with van der Waals surface area (Å²) >= 11 is 0. The number of likely N-dealkylation sites (tertiary alicyclic amines) is 1. The molecule has 124 valence electrons.